The van der Waals surface area contributed by atoms with Gasteiger partial charge in [0.1, 0.15) is 0 Å². The highest BCUT2D eigenvalue weighted by molar-refractivity contribution is 7.12. The Bertz CT molecular complexity index is 808. The number of anilines is 1. The summed E-state index contributed by atoms with van der Waals surface area (Å²) >= 11 is 1.43. The quantitative estimate of drug-likeness (QED) is 0.775. The normalized spacial score (nSPS) is 10.3. The number of aromatic nitrogens is 1. The Labute approximate surface area is 138 Å². The number of methoxy groups -OCH3 is 1. The van der Waals surface area contributed by atoms with Gasteiger partial charge in [0.25, 0.3) is 5.91 Å². The second-order valence-electron chi connectivity index (χ2n) is 5.07. The molecule has 0 bridgehead atoms. The van der Waals surface area contributed by atoms with Gasteiger partial charge >= 0.3 is 0 Å². The van der Waals surface area contributed by atoms with Gasteiger partial charge in [0.15, 0.2) is 0 Å². The van der Waals surface area contributed by atoms with Crippen LogP contribution in [0, 0.1) is 6.92 Å². The molecule has 2 heterocycles. The molecule has 1 N–H and O–H groups in total. The van der Waals surface area contributed by atoms with Crippen LogP contribution in [0.3, 0.4) is 0 Å². The third-order valence-corrected chi connectivity index (χ3v) is 4.35. The van der Waals surface area contributed by atoms with Crippen LogP contribution in [0.5, 0.6) is 5.88 Å². The van der Waals surface area contributed by atoms with Crippen molar-refractivity contribution < 1.29 is 9.53 Å². The van der Waals surface area contributed by atoms with Gasteiger partial charge in [-0.05, 0) is 30.0 Å². The van der Waals surface area contributed by atoms with E-state index in [4.69, 9.17) is 4.74 Å². The zero-order chi connectivity index (χ0) is 16.2. The van der Waals surface area contributed by atoms with Crippen molar-refractivity contribution >= 4 is 22.9 Å². The number of rotatable bonds is 4. The van der Waals surface area contributed by atoms with Crippen molar-refractivity contribution in [2.75, 3.05) is 12.4 Å². The third kappa shape index (κ3) is 3.40. The Hall–Kier alpha value is -2.66. The van der Waals surface area contributed by atoms with Crippen molar-refractivity contribution in [1.82, 2.24) is 4.98 Å². The number of ether oxygens (including phenoxy) is 1. The molecule has 1 amide bonds. The lowest BCUT2D eigenvalue weighted by atomic mass is 10.0. The molecule has 0 atom stereocenters. The molecule has 116 valence electrons. The smallest absolute Gasteiger partial charge is 0.266 e. The fraction of sp³-hybridized carbons (Fsp3) is 0.111. The molecule has 23 heavy (non-hydrogen) atoms. The molecule has 0 saturated carbocycles. The lowest BCUT2D eigenvalue weighted by Crippen LogP contribution is -2.11. The molecule has 5 heteroatoms. The Morgan fingerprint density at radius 2 is 1.91 bits per heavy atom. The first-order valence-electron chi connectivity index (χ1n) is 7.13. The lowest BCUT2D eigenvalue weighted by molar-refractivity contribution is 0.103. The Morgan fingerprint density at radius 3 is 2.57 bits per heavy atom. The molecule has 0 aliphatic carbocycles. The van der Waals surface area contributed by atoms with E-state index in [1.807, 2.05) is 42.6 Å². The molecule has 0 spiro atoms. The largest absolute Gasteiger partial charge is 0.481 e. The molecule has 3 rings (SSSR count). The summed E-state index contributed by atoms with van der Waals surface area (Å²) in [6, 6.07) is 13.6. The van der Waals surface area contributed by atoms with Gasteiger partial charge in [0, 0.05) is 11.6 Å². The first-order valence-corrected chi connectivity index (χ1v) is 8.01. The minimum absolute atomic E-state index is 0.137. The van der Waals surface area contributed by atoms with E-state index in [1.165, 1.54) is 16.9 Å². The van der Waals surface area contributed by atoms with Gasteiger partial charge < -0.3 is 10.1 Å². The zero-order valence-corrected chi connectivity index (χ0v) is 13.7. The number of nitrogens with zero attached hydrogens (tertiary/aromatic N) is 1. The minimum Gasteiger partial charge on any atom is -0.481 e. The maximum atomic E-state index is 12.5. The molecular weight excluding hydrogens is 308 g/mol. The Balaban J connectivity index is 1.82. The minimum atomic E-state index is -0.137. The van der Waals surface area contributed by atoms with Gasteiger partial charge in [-0.25, -0.2) is 4.98 Å². The van der Waals surface area contributed by atoms with E-state index in [0.29, 0.717) is 16.4 Å². The van der Waals surface area contributed by atoms with Gasteiger partial charge in [-0.1, -0.05) is 29.8 Å². The SMILES string of the molecule is COc1ccc(NC(=O)c2sccc2-c2ccc(C)cc2)cn1. The summed E-state index contributed by atoms with van der Waals surface area (Å²) in [6.45, 7) is 2.04. The van der Waals surface area contributed by atoms with Crippen LogP contribution in [0.25, 0.3) is 11.1 Å². The van der Waals surface area contributed by atoms with E-state index in [2.05, 4.69) is 10.3 Å². The van der Waals surface area contributed by atoms with Crippen LogP contribution in [-0.2, 0) is 0 Å². The molecule has 3 aromatic rings. The average Bonchev–Trinajstić information content (AvgIpc) is 3.06. The highest BCUT2D eigenvalue weighted by Crippen LogP contribution is 2.29. The molecule has 0 aliphatic heterocycles. The number of hydrogen-bond donors (Lipinski definition) is 1. The number of nitrogens with one attached hydrogen (secondary N) is 1. The number of thiophene rings is 1. The monoisotopic (exact) mass is 324 g/mol. The van der Waals surface area contributed by atoms with E-state index < -0.39 is 0 Å². The van der Waals surface area contributed by atoms with Gasteiger partial charge in [-0.3, -0.25) is 4.79 Å². The van der Waals surface area contributed by atoms with E-state index in [1.54, 1.807) is 25.4 Å². The number of amides is 1. The lowest BCUT2D eigenvalue weighted by Gasteiger charge is -2.07. The van der Waals surface area contributed by atoms with Crippen molar-refractivity contribution in [2.24, 2.45) is 0 Å². The Kier molecular flexibility index (Phi) is 4.39. The highest BCUT2D eigenvalue weighted by Gasteiger charge is 2.15. The number of benzene rings is 1. The fourth-order valence-electron chi connectivity index (χ4n) is 2.21. The number of carbonyl (C=O) groups excluding carboxylic acids is 1. The predicted molar refractivity (Wildman–Crippen MR) is 93.2 cm³/mol. The zero-order valence-electron chi connectivity index (χ0n) is 12.9. The molecule has 0 radical (unpaired) electrons. The summed E-state index contributed by atoms with van der Waals surface area (Å²) < 4.78 is 5.01. The van der Waals surface area contributed by atoms with Crippen LogP contribution in [0.4, 0.5) is 5.69 Å². The molecule has 1 aromatic carbocycles. The summed E-state index contributed by atoms with van der Waals surface area (Å²) in [5, 5.41) is 4.80. The van der Waals surface area contributed by atoms with E-state index in [0.717, 1.165) is 11.1 Å². The van der Waals surface area contributed by atoms with Crippen LogP contribution < -0.4 is 10.1 Å². The molecule has 0 unspecified atom stereocenters. The van der Waals surface area contributed by atoms with Crippen molar-refractivity contribution in [3.63, 3.8) is 0 Å². The molecule has 0 saturated heterocycles. The fourth-order valence-corrected chi connectivity index (χ4v) is 3.02. The second-order valence-corrected chi connectivity index (χ2v) is 5.99. The molecule has 2 aromatic heterocycles. The summed E-state index contributed by atoms with van der Waals surface area (Å²) in [6.07, 6.45) is 1.58. The number of hydrogen-bond acceptors (Lipinski definition) is 4. The standard InChI is InChI=1S/C18H16N2O2S/c1-12-3-5-13(6-4-12)15-9-10-23-17(15)18(21)20-14-7-8-16(22-2)19-11-14/h3-11H,1-2H3,(H,20,21). The summed E-state index contributed by atoms with van der Waals surface area (Å²) in [5.41, 5.74) is 3.81. The average molecular weight is 324 g/mol. The molecule has 4 nitrogen and oxygen atoms in total. The van der Waals surface area contributed by atoms with Crippen LogP contribution in [0.2, 0.25) is 0 Å². The van der Waals surface area contributed by atoms with E-state index in [-0.39, 0.29) is 5.91 Å². The summed E-state index contributed by atoms with van der Waals surface area (Å²) in [7, 11) is 1.56. The van der Waals surface area contributed by atoms with Gasteiger partial charge in [0.2, 0.25) is 5.88 Å². The molecule has 0 aliphatic rings. The van der Waals surface area contributed by atoms with Gasteiger partial charge in [-0.2, -0.15) is 0 Å². The maximum Gasteiger partial charge on any atom is 0.266 e. The number of carbonyl (C=O) groups is 1. The van der Waals surface area contributed by atoms with Crippen LogP contribution in [0.1, 0.15) is 15.2 Å². The topological polar surface area (TPSA) is 51.2 Å². The van der Waals surface area contributed by atoms with Crippen molar-refractivity contribution in [1.29, 1.82) is 0 Å². The Morgan fingerprint density at radius 1 is 1.13 bits per heavy atom. The van der Waals surface area contributed by atoms with Crippen molar-refractivity contribution in [3.8, 4) is 17.0 Å². The first-order chi connectivity index (χ1) is 11.2. The highest BCUT2D eigenvalue weighted by atomic mass is 32.1. The van der Waals surface area contributed by atoms with E-state index >= 15 is 0 Å². The van der Waals surface area contributed by atoms with Crippen LogP contribution in [-0.4, -0.2) is 18.0 Å². The number of pyridine rings is 1. The summed E-state index contributed by atoms with van der Waals surface area (Å²) in [4.78, 5) is 17.3. The molecular formula is C18H16N2O2S. The van der Waals surface area contributed by atoms with Crippen LogP contribution in [0.15, 0.2) is 54.0 Å². The molecule has 0 fully saturated rings. The van der Waals surface area contributed by atoms with Crippen molar-refractivity contribution in [2.45, 2.75) is 6.92 Å². The van der Waals surface area contributed by atoms with Crippen molar-refractivity contribution in [3.05, 3.63) is 64.5 Å². The van der Waals surface area contributed by atoms with E-state index in [9.17, 15) is 4.79 Å². The summed E-state index contributed by atoms with van der Waals surface area (Å²) in [5.74, 6) is 0.377. The first kappa shape index (κ1) is 15.2. The van der Waals surface area contributed by atoms with Gasteiger partial charge in [0.05, 0.1) is 23.9 Å². The third-order valence-electron chi connectivity index (χ3n) is 3.44. The second kappa shape index (κ2) is 6.62. The number of aryl methyl sites for hydroxylation is 1. The maximum absolute atomic E-state index is 12.5. The van der Waals surface area contributed by atoms with Crippen LogP contribution >= 0.6 is 11.3 Å². The predicted octanol–water partition coefficient (Wildman–Crippen LogP) is 4.38. The van der Waals surface area contributed by atoms with Gasteiger partial charge in [-0.15, -0.1) is 11.3 Å².